The van der Waals surface area contributed by atoms with E-state index in [4.69, 9.17) is 19.9 Å². The van der Waals surface area contributed by atoms with Crippen LogP contribution >= 0.6 is 0 Å². The summed E-state index contributed by atoms with van der Waals surface area (Å²) in [4.78, 5) is 36.6. The number of para-hydroxylation sites is 1. The number of nitro groups is 1. The highest BCUT2D eigenvalue weighted by Gasteiger charge is 2.32. The number of thiol groups is 1. The Labute approximate surface area is 284 Å². The van der Waals surface area contributed by atoms with Crippen molar-refractivity contribution in [2.24, 2.45) is 5.73 Å². The van der Waals surface area contributed by atoms with E-state index in [0.29, 0.717) is 21.4 Å². The molecule has 49 heavy (non-hydrogen) atoms. The maximum atomic E-state index is 13.6. The lowest BCUT2D eigenvalue weighted by Gasteiger charge is -2.25. The zero-order chi connectivity index (χ0) is 34.8. The quantitative estimate of drug-likeness (QED) is 0.0775. The zero-order valence-corrected chi connectivity index (χ0v) is 27.3. The molecule has 0 radical (unpaired) electrons. The Morgan fingerprint density at radius 1 is 0.878 bits per heavy atom. The van der Waals surface area contributed by atoms with Gasteiger partial charge in [0.25, 0.3) is 11.6 Å². The van der Waals surface area contributed by atoms with Gasteiger partial charge < -0.3 is 25.3 Å². The van der Waals surface area contributed by atoms with Gasteiger partial charge in [-0.2, -0.15) is 0 Å². The first-order chi connectivity index (χ1) is 23.7. The van der Waals surface area contributed by atoms with Crippen LogP contribution in [0.25, 0.3) is 0 Å². The van der Waals surface area contributed by atoms with Crippen LogP contribution in [0.4, 0.5) is 21.9 Å². The topological polar surface area (TPSA) is 180 Å². The van der Waals surface area contributed by atoms with E-state index in [-0.39, 0.29) is 30.4 Å². The molecule has 4 aromatic rings. The number of anilines is 2. The molecule has 0 aliphatic heterocycles. The molecule has 0 bridgehead atoms. The normalized spacial score (nSPS) is 13.7. The van der Waals surface area contributed by atoms with Crippen molar-refractivity contribution in [3.8, 4) is 17.2 Å². The number of nitrogens with two attached hydrogens (primary N) is 1. The molecular weight excluding hydrogens is 652 g/mol. The molecule has 1 saturated carbocycles. The number of ether oxygens (including phenoxy) is 3. The summed E-state index contributed by atoms with van der Waals surface area (Å²) in [6, 6.07) is 27.1. The van der Waals surface area contributed by atoms with Crippen molar-refractivity contribution in [2.45, 2.75) is 57.3 Å². The standard InChI is InChI=1S/C35H36N4O9S/c36-35(41)48-33(34(40)38(49(44)45)27-15-20-31(32(22-27)39(42)43)37-26-7-3-1-4-8-26)21-24-11-16-28(17-12-24)46-23-25-13-18-30(19-14-25)47-29-9-5-2-6-10-29/h2,5-6,9-20,22,26,33,37,49H,1,3-4,7-8,21,23H2,(H2,36,41)/t33-/m0/s1. The van der Waals surface area contributed by atoms with Crippen LogP contribution in [-0.4, -0.2) is 37.5 Å². The maximum absolute atomic E-state index is 13.6. The molecule has 0 heterocycles. The first-order valence-corrected chi connectivity index (χ1v) is 16.8. The summed E-state index contributed by atoms with van der Waals surface area (Å²) in [5.74, 6) is 0.790. The van der Waals surface area contributed by atoms with Gasteiger partial charge in [0.2, 0.25) is 10.9 Å². The second-order valence-electron chi connectivity index (χ2n) is 11.4. The first kappa shape index (κ1) is 34.7. The molecule has 256 valence electrons. The molecule has 1 aliphatic carbocycles. The van der Waals surface area contributed by atoms with Gasteiger partial charge in [-0.05, 0) is 72.5 Å². The molecular formula is C35H36N4O9S. The van der Waals surface area contributed by atoms with Gasteiger partial charge in [0.05, 0.1) is 10.6 Å². The van der Waals surface area contributed by atoms with Crippen LogP contribution in [0.15, 0.2) is 97.1 Å². The smallest absolute Gasteiger partial charge is 0.405 e. The molecule has 5 rings (SSSR count). The summed E-state index contributed by atoms with van der Waals surface area (Å²) in [6.45, 7) is 0.267. The van der Waals surface area contributed by atoms with Crippen molar-refractivity contribution in [2.75, 3.05) is 9.62 Å². The molecule has 0 saturated heterocycles. The number of nitrogens with one attached hydrogen (secondary N) is 1. The number of nitro benzene ring substituents is 1. The molecule has 4 aromatic carbocycles. The minimum absolute atomic E-state index is 0.0455. The third kappa shape index (κ3) is 9.70. The number of carbonyl (C=O) groups is 2. The van der Waals surface area contributed by atoms with Crippen LogP contribution < -0.4 is 24.8 Å². The van der Waals surface area contributed by atoms with Gasteiger partial charge in [-0.1, -0.05) is 61.7 Å². The summed E-state index contributed by atoms with van der Waals surface area (Å²) in [6.07, 6.45) is 1.64. The Balaban J connectivity index is 1.25. The fourth-order valence-corrected chi connectivity index (χ4v) is 6.13. The number of amides is 2. The molecule has 1 fully saturated rings. The third-order valence-electron chi connectivity index (χ3n) is 7.95. The minimum atomic E-state index is -3.64. The molecule has 1 aliphatic rings. The largest absolute Gasteiger partial charge is 0.489 e. The van der Waals surface area contributed by atoms with Gasteiger partial charge in [0.15, 0.2) is 6.10 Å². The molecule has 2 amide bonds. The summed E-state index contributed by atoms with van der Waals surface area (Å²) in [5, 5.41) is 15.1. The van der Waals surface area contributed by atoms with E-state index in [2.05, 4.69) is 5.32 Å². The van der Waals surface area contributed by atoms with Crippen LogP contribution in [0.5, 0.6) is 17.2 Å². The number of benzene rings is 4. The molecule has 0 spiro atoms. The fourth-order valence-electron chi connectivity index (χ4n) is 5.53. The molecule has 0 aromatic heterocycles. The Morgan fingerprint density at radius 3 is 2.14 bits per heavy atom. The lowest BCUT2D eigenvalue weighted by Crippen LogP contribution is -2.42. The average Bonchev–Trinajstić information content (AvgIpc) is 3.09. The van der Waals surface area contributed by atoms with Crippen LogP contribution in [0.2, 0.25) is 0 Å². The van der Waals surface area contributed by atoms with E-state index in [1.54, 1.807) is 24.3 Å². The van der Waals surface area contributed by atoms with Gasteiger partial charge in [0, 0.05) is 18.5 Å². The number of primary amides is 1. The highest BCUT2D eigenvalue weighted by Crippen LogP contribution is 2.33. The highest BCUT2D eigenvalue weighted by atomic mass is 32.2. The Morgan fingerprint density at radius 2 is 1.51 bits per heavy atom. The number of carbonyl (C=O) groups excluding carboxylic acids is 2. The van der Waals surface area contributed by atoms with Gasteiger partial charge in [-0.3, -0.25) is 14.9 Å². The van der Waals surface area contributed by atoms with E-state index >= 15 is 0 Å². The van der Waals surface area contributed by atoms with Crippen LogP contribution in [-0.2, 0) is 33.4 Å². The summed E-state index contributed by atoms with van der Waals surface area (Å²) >= 11 is 0. The molecule has 3 N–H and O–H groups in total. The van der Waals surface area contributed by atoms with E-state index in [9.17, 15) is 28.1 Å². The Hall–Kier alpha value is -5.63. The fraction of sp³-hybridized carbons (Fsp3) is 0.257. The van der Waals surface area contributed by atoms with E-state index in [1.165, 1.54) is 12.1 Å². The minimum Gasteiger partial charge on any atom is -0.489 e. The molecule has 14 heteroatoms. The van der Waals surface area contributed by atoms with Crippen LogP contribution in [0.1, 0.15) is 43.2 Å². The zero-order valence-electron chi connectivity index (χ0n) is 26.4. The highest BCUT2D eigenvalue weighted by molar-refractivity contribution is 7.75. The van der Waals surface area contributed by atoms with Crippen LogP contribution in [0.3, 0.4) is 0 Å². The van der Waals surface area contributed by atoms with E-state index in [1.807, 2.05) is 54.6 Å². The number of hydrogen-bond donors (Lipinski definition) is 3. The first-order valence-electron chi connectivity index (χ1n) is 15.7. The lowest BCUT2D eigenvalue weighted by atomic mass is 9.95. The Kier molecular flexibility index (Phi) is 11.7. The van der Waals surface area contributed by atoms with Crippen molar-refractivity contribution >= 4 is 40.0 Å². The van der Waals surface area contributed by atoms with E-state index in [0.717, 1.165) is 49.5 Å². The van der Waals surface area contributed by atoms with Gasteiger partial charge >= 0.3 is 6.09 Å². The average molecular weight is 689 g/mol. The summed E-state index contributed by atoms with van der Waals surface area (Å²) < 4.78 is 41.8. The summed E-state index contributed by atoms with van der Waals surface area (Å²) in [5.41, 5.74) is 6.19. The van der Waals surface area contributed by atoms with Gasteiger partial charge in [-0.25, -0.2) is 17.5 Å². The predicted octanol–water partition coefficient (Wildman–Crippen LogP) is 6.28. The molecule has 0 unspecified atom stereocenters. The van der Waals surface area contributed by atoms with Crippen molar-refractivity contribution in [3.63, 3.8) is 0 Å². The second-order valence-corrected chi connectivity index (χ2v) is 12.3. The second kappa shape index (κ2) is 16.5. The number of hydrogen-bond acceptors (Lipinski definition) is 10. The molecule has 13 nitrogen and oxygen atoms in total. The molecule has 1 atom stereocenters. The predicted molar refractivity (Wildman–Crippen MR) is 183 cm³/mol. The number of nitrogens with zero attached hydrogens (tertiary/aromatic N) is 2. The van der Waals surface area contributed by atoms with Crippen molar-refractivity contribution < 1.29 is 37.1 Å². The number of rotatable bonds is 14. The summed E-state index contributed by atoms with van der Waals surface area (Å²) in [7, 11) is -3.64. The Bertz CT molecular complexity index is 1820. The van der Waals surface area contributed by atoms with Crippen LogP contribution in [0, 0.1) is 10.1 Å². The van der Waals surface area contributed by atoms with Crippen molar-refractivity contribution in [3.05, 3.63) is 118 Å². The van der Waals surface area contributed by atoms with Crippen molar-refractivity contribution in [1.82, 2.24) is 0 Å². The van der Waals surface area contributed by atoms with Gasteiger partial charge in [-0.15, -0.1) is 0 Å². The SMILES string of the molecule is NC(=O)O[C@@H](Cc1ccc(OCc2ccc(Oc3ccccc3)cc2)cc1)C(=O)N(c1ccc(NC2CCCCC2)c([N+](=O)[O-])c1)[SH](=O)=O. The van der Waals surface area contributed by atoms with Crippen molar-refractivity contribution in [1.29, 1.82) is 0 Å². The third-order valence-corrected chi connectivity index (χ3v) is 8.70. The lowest BCUT2D eigenvalue weighted by molar-refractivity contribution is -0.383. The van der Waals surface area contributed by atoms with E-state index < -0.39 is 39.6 Å². The van der Waals surface area contributed by atoms with Gasteiger partial charge in [0.1, 0.15) is 29.5 Å². The monoisotopic (exact) mass is 688 g/mol. The maximum Gasteiger partial charge on any atom is 0.405 e.